The molecule has 3 amide bonds. The van der Waals surface area contributed by atoms with Gasteiger partial charge in [-0.3, -0.25) is 15.0 Å². The number of hydrogen-bond acceptors (Lipinski definition) is 3. The van der Waals surface area contributed by atoms with Crippen LogP contribution in [0.3, 0.4) is 0 Å². The third kappa shape index (κ3) is 3.10. The van der Waals surface area contributed by atoms with Crippen LogP contribution in [-0.2, 0) is 4.79 Å². The van der Waals surface area contributed by atoms with Crippen LogP contribution in [0.5, 0.6) is 0 Å². The van der Waals surface area contributed by atoms with E-state index in [2.05, 4.69) is 15.5 Å². The minimum Gasteiger partial charge on any atom is -0.333 e. The number of alkyl halides is 1. The van der Waals surface area contributed by atoms with Crippen molar-refractivity contribution in [1.29, 1.82) is 0 Å². The van der Waals surface area contributed by atoms with Crippen LogP contribution in [0, 0.1) is 0 Å². The van der Waals surface area contributed by atoms with E-state index in [4.69, 9.17) is 11.6 Å². The average molecular weight is 260 g/mol. The molecule has 0 radical (unpaired) electrons. The molecule has 0 bridgehead atoms. The summed E-state index contributed by atoms with van der Waals surface area (Å²) in [6.07, 6.45) is 3.49. The van der Waals surface area contributed by atoms with E-state index < -0.39 is 0 Å². The van der Waals surface area contributed by atoms with Crippen LogP contribution in [0.4, 0.5) is 4.79 Å². The molecule has 2 atom stereocenters. The Hall–Kier alpha value is -0.810. The lowest BCUT2D eigenvalue weighted by molar-refractivity contribution is -0.119. The summed E-state index contributed by atoms with van der Waals surface area (Å²) in [7, 11) is 0. The predicted octanol–water partition coefficient (Wildman–Crippen LogP) is 0.678. The largest absolute Gasteiger partial charge is 0.333 e. The number of hydrogen-bond donors (Lipinski definition) is 2. The average Bonchev–Trinajstić information content (AvgIpc) is 2.83. The summed E-state index contributed by atoms with van der Waals surface area (Å²) in [6, 6.07) is 0.254. The minimum absolute atomic E-state index is 0.176. The van der Waals surface area contributed by atoms with Gasteiger partial charge in [-0.2, -0.15) is 0 Å². The van der Waals surface area contributed by atoms with Gasteiger partial charge in [-0.25, -0.2) is 4.79 Å². The first-order chi connectivity index (χ1) is 8.20. The summed E-state index contributed by atoms with van der Waals surface area (Å²) in [5.41, 5.74) is 0. The van der Waals surface area contributed by atoms with Crippen molar-refractivity contribution in [3.8, 4) is 0 Å². The van der Waals surface area contributed by atoms with Gasteiger partial charge in [0.05, 0.1) is 0 Å². The van der Waals surface area contributed by atoms with E-state index in [1.165, 1.54) is 6.42 Å². The summed E-state index contributed by atoms with van der Waals surface area (Å²) in [5, 5.41) is 5.18. The molecule has 0 aliphatic carbocycles. The highest BCUT2D eigenvalue weighted by Crippen LogP contribution is 2.27. The highest BCUT2D eigenvalue weighted by atomic mass is 35.5. The smallest absolute Gasteiger partial charge is 0.321 e. The topological polar surface area (TPSA) is 61.4 Å². The summed E-state index contributed by atoms with van der Waals surface area (Å²) in [6.45, 7) is 2.18. The van der Waals surface area contributed by atoms with Crippen molar-refractivity contribution in [2.75, 3.05) is 19.0 Å². The Morgan fingerprint density at radius 3 is 2.88 bits per heavy atom. The molecule has 2 saturated heterocycles. The Morgan fingerprint density at radius 1 is 1.29 bits per heavy atom. The lowest BCUT2D eigenvalue weighted by atomic mass is 10.1. The molecule has 96 valence electrons. The molecule has 2 unspecified atom stereocenters. The zero-order valence-corrected chi connectivity index (χ0v) is 10.5. The van der Waals surface area contributed by atoms with Crippen LogP contribution in [0.25, 0.3) is 0 Å². The number of imide groups is 1. The van der Waals surface area contributed by atoms with Crippen molar-refractivity contribution in [3.05, 3.63) is 0 Å². The molecule has 2 aliphatic heterocycles. The molecule has 2 fully saturated rings. The molecular weight excluding hydrogens is 242 g/mol. The monoisotopic (exact) mass is 259 g/mol. The molecule has 2 aliphatic rings. The maximum Gasteiger partial charge on any atom is 0.321 e. The Balaban J connectivity index is 1.77. The summed E-state index contributed by atoms with van der Waals surface area (Å²) >= 11 is 5.42. The molecule has 17 heavy (non-hydrogen) atoms. The summed E-state index contributed by atoms with van der Waals surface area (Å²) in [4.78, 5) is 25.2. The first-order valence-corrected chi connectivity index (χ1v) is 6.64. The fourth-order valence-corrected chi connectivity index (χ4v) is 2.90. The van der Waals surface area contributed by atoms with Crippen LogP contribution in [0.1, 0.15) is 25.7 Å². The lowest BCUT2D eigenvalue weighted by Crippen LogP contribution is -2.48. The Morgan fingerprint density at radius 2 is 2.12 bits per heavy atom. The number of carbonyl (C=O) groups excluding carboxylic acids is 2. The third-order valence-electron chi connectivity index (χ3n) is 3.50. The number of fused-ring (bicyclic) bond motifs is 1. The van der Waals surface area contributed by atoms with E-state index in [0.29, 0.717) is 6.04 Å². The Bertz CT molecular complexity index is 311. The number of halogens is 1. The second-order valence-electron chi connectivity index (χ2n) is 4.60. The summed E-state index contributed by atoms with van der Waals surface area (Å²) < 4.78 is 0. The fraction of sp³-hybridized carbons (Fsp3) is 0.818. The third-order valence-corrected chi connectivity index (χ3v) is 3.69. The van der Waals surface area contributed by atoms with Gasteiger partial charge in [0.2, 0.25) is 5.91 Å². The molecule has 2 heterocycles. The van der Waals surface area contributed by atoms with Crippen LogP contribution in [-0.4, -0.2) is 47.9 Å². The zero-order valence-electron chi connectivity index (χ0n) is 9.75. The molecule has 0 aromatic rings. The number of amides is 3. The summed E-state index contributed by atoms with van der Waals surface area (Å²) in [5.74, 6) is -0.0855. The van der Waals surface area contributed by atoms with E-state index in [0.717, 1.165) is 25.9 Å². The first-order valence-electron chi connectivity index (χ1n) is 6.11. The molecule has 0 aromatic heterocycles. The normalized spacial score (nSPS) is 27.8. The zero-order chi connectivity index (χ0) is 12.3. The predicted molar refractivity (Wildman–Crippen MR) is 65.0 cm³/mol. The van der Waals surface area contributed by atoms with Crippen LogP contribution >= 0.6 is 11.6 Å². The molecule has 6 heteroatoms. The standard InChI is InChI=1S/C11H18ClN3O2/c12-5-3-10(16)14-11(17)13-8-4-7-15-6-1-2-9(8)15/h8-9H,1-7H2,(H2,13,14,16,17). The van der Waals surface area contributed by atoms with Gasteiger partial charge in [0, 0.05) is 30.9 Å². The van der Waals surface area contributed by atoms with Gasteiger partial charge < -0.3 is 5.32 Å². The van der Waals surface area contributed by atoms with E-state index >= 15 is 0 Å². The molecule has 0 saturated carbocycles. The Labute approximate surface area is 106 Å². The van der Waals surface area contributed by atoms with Gasteiger partial charge in [-0.05, 0) is 25.8 Å². The van der Waals surface area contributed by atoms with Gasteiger partial charge in [0.1, 0.15) is 0 Å². The molecule has 2 N–H and O–H groups in total. The van der Waals surface area contributed by atoms with Gasteiger partial charge in [0.25, 0.3) is 0 Å². The number of nitrogens with zero attached hydrogens (tertiary/aromatic N) is 1. The van der Waals surface area contributed by atoms with E-state index in [1.54, 1.807) is 0 Å². The van der Waals surface area contributed by atoms with Crippen LogP contribution in [0.2, 0.25) is 0 Å². The molecule has 0 spiro atoms. The van der Waals surface area contributed by atoms with Crippen molar-refractivity contribution in [1.82, 2.24) is 15.5 Å². The molecule has 5 nitrogen and oxygen atoms in total. The van der Waals surface area contributed by atoms with Crippen molar-refractivity contribution < 1.29 is 9.59 Å². The van der Waals surface area contributed by atoms with Gasteiger partial charge in [-0.15, -0.1) is 11.6 Å². The lowest BCUT2D eigenvalue weighted by Gasteiger charge is -2.21. The van der Waals surface area contributed by atoms with Crippen molar-refractivity contribution >= 4 is 23.5 Å². The van der Waals surface area contributed by atoms with Crippen LogP contribution < -0.4 is 10.6 Å². The van der Waals surface area contributed by atoms with Crippen molar-refractivity contribution in [3.63, 3.8) is 0 Å². The minimum atomic E-state index is -0.390. The van der Waals surface area contributed by atoms with Gasteiger partial charge in [-0.1, -0.05) is 0 Å². The van der Waals surface area contributed by atoms with E-state index in [1.807, 2.05) is 0 Å². The van der Waals surface area contributed by atoms with Crippen molar-refractivity contribution in [2.24, 2.45) is 0 Å². The fourth-order valence-electron chi connectivity index (χ4n) is 2.73. The maximum absolute atomic E-state index is 11.6. The number of rotatable bonds is 3. The number of nitrogens with one attached hydrogen (secondary N) is 2. The van der Waals surface area contributed by atoms with Gasteiger partial charge in [0.15, 0.2) is 0 Å². The second-order valence-corrected chi connectivity index (χ2v) is 4.98. The quantitative estimate of drug-likeness (QED) is 0.733. The maximum atomic E-state index is 11.6. The number of urea groups is 1. The Kier molecular flexibility index (Phi) is 4.23. The highest BCUT2D eigenvalue weighted by Gasteiger charge is 2.37. The van der Waals surface area contributed by atoms with Gasteiger partial charge >= 0.3 is 6.03 Å². The molecular formula is C11H18ClN3O2. The molecule has 0 aromatic carbocycles. The van der Waals surface area contributed by atoms with Crippen LogP contribution in [0.15, 0.2) is 0 Å². The van der Waals surface area contributed by atoms with Crippen molar-refractivity contribution in [2.45, 2.75) is 37.8 Å². The van der Waals surface area contributed by atoms with E-state index in [-0.39, 0.29) is 30.3 Å². The van der Waals surface area contributed by atoms with E-state index in [9.17, 15) is 9.59 Å². The highest BCUT2D eigenvalue weighted by molar-refractivity contribution is 6.19. The first kappa shape index (κ1) is 12.6. The second kappa shape index (κ2) is 5.69. The number of carbonyl (C=O) groups is 2. The SMILES string of the molecule is O=C(CCCl)NC(=O)NC1CCN2CCCC12. The molecule has 2 rings (SSSR count).